The van der Waals surface area contributed by atoms with Gasteiger partial charge in [-0.15, -0.1) is 28.1 Å². The number of thiazole rings is 1. The Morgan fingerprint density at radius 2 is 2.00 bits per heavy atom. The number of allylic oxidation sites excluding steroid dienone is 1. The average Bonchev–Trinajstić information content (AvgIpc) is 3.33. The van der Waals surface area contributed by atoms with Crippen LogP contribution >= 0.6 is 34.7 Å². The molecule has 0 bridgehead atoms. The molecule has 150 valence electrons. The molecule has 0 spiro atoms. The van der Waals surface area contributed by atoms with E-state index >= 15 is 0 Å². The number of carbonyl (C=O) groups is 2. The number of benzene rings is 1. The maximum absolute atomic E-state index is 12.3. The first kappa shape index (κ1) is 21.0. The van der Waals surface area contributed by atoms with E-state index in [0.717, 1.165) is 0 Å². The molecule has 0 fully saturated rings. The second kappa shape index (κ2) is 10.2. The molecule has 2 amide bonds. The highest BCUT2D eigenvalue weighted by Gasteiger charge is 2.16. The van der Waals surface area contributed by atoms with Gasteiger partial charge in [-0.2, -0.15) is 0 Å². The maximum atomic E-state index is 12.3. The van der Waals surface area contributed by atoms with Crippen LogP contribution in [0, 0.1) is 0 Å². The number of carbonyl (C=O) groups excluding carboxylic acids is 2. The zero-order valence-corrected chi connectivity index (χ0v) is 17.6. The second-order valence-corrected chi connectivity index (χ2v) is 7.98. The van der Waals surface area contributed by atoms with Crippen molar-refractivity contribution in [1.82, 2.24) is 19.7 Å². The van der Waals surface area contributed by atoms with E-state index < -0.39 is 0 Å². The minimum absolute atomic E-state index is 0.0370. The van der Waals surface area contributed by atoms with Crippen molar-refractivity contribution in [3.05, 3.63) is 59.3 Å². The largest absolute Gasteiger partial charge is 0.326 e. The molecule has 0 saturated carbocycles. The molecule has 2 heterocycles. The maximum Gasteiger partial charge on any atom is 0.236 e. The van der Waals surface area contributed by atoms with E-state index in [4.69, 9.17) is 11.6 Å². The van der Waals surface area contributed by atoms with Gasteiger partial charge in [0.2, 0.25) is 11.8 Å². The predicted molar refractivity (Wildman–Crippen MR) is 115 cm³/mol. The van der Waals surface area contributed by atoms with Gasteiger partial charge in [-0.05, 0) is 24.3 Å². The third-order valence-corrected chi connectivity index (χ3v) is 5.47. The number of nitrogens with one attached hydrogen (secondary N) is 2. The molecule has 8 nitrogen and oxygen atoms in total. The van der Waals surface area contributed by atoms with Crippen LogP contribution in [0.4, 0.5) is 10.8 Å². The van der Waals surface area contributed by atoms with Gasteiger partial charge in [-0.25, -0.2) is 4.98 Å². The third kappa shape index (κ3) is 6.14. The molecule has 0 aliphatic rings. The normalized spacial score (nSPS) is 10.5. The summed E-state index contributed by atoms with van der Waals surface area (Å²) in [5.41, 5.74) is 0.641. The molecule has 3 rings (SSSR count). The standard InChI is InChI=1S/C18H17ClN6O2S2/c1-2-8-25-14(10-15(26)21-13-5-3-12(19)4-6-13)23-24-18(25)29-11-16(27)22-17-20-7-9-28-17/h2-7,9H,1,8,10-11H2,(H,21,26)(H,20,22,27). The highest BCUT2D eigenvalue weighted by atomic mass is 35.5. The molecule has 2 N–H and O–H groups in total. The van der Waals surface area contributed by atoms with Gasteiger partial charge in [0.05, 0.1) is 12.2 Å². The van der Waals surface area contributed by atoms with E-state index in [2.05, 4.69) is 32.4 Å². The Morgan fingerprint density at radius 3 is 2.69 bits per heavy atom. The summed E-state index contributed by atoms with van der Waals surface area (Å²) in [6, 6.07) is 6.83. The van der Waals surface area contributed by atoms with Crippen molar-refractivity contribution in [2.24, 2.45) is 0 Å². The van der Waals surface area contributed by atoms with Crippen LogP contribution in [0.5, 0.6) is 0 Å². The number of rotatable bonds is 9. The van der Waals surface area contributed by atoms with Crippen LogP contribution in [0.3, 0.4) is 0 Å². The SMILES string of the molecule is C=CCn1c(CC(=O)Nc2ccc(Cl)cc2)nnc1SCC(=O)Nc1nccs1. The summed E-state index contributed by atoms with van der Waals surface area (Å²) in [5.74, 6) is 0.202. The Kier molecular flexibility index (Phi) is 7.39. The van der Waals surface area contributed by atoms with E-state index in [-0.39, 0.29) is 24.0 Å². The minimum atomic E-state index is -0.233. The number of hydrogen-bond donors (Lipinski definition) is 2. The molecule has 0 saturated heterocycles. The number of amides is 2. The summed E-state index contributed by atoms with van der Waals surface area (Å²) in [5, 5.41) is 17.2. The average molecular weight is 449 g/mol. The Balaban J connectivity index is 1.61. The summed E-state index contributed by atoms with van der Waals surface area (Å²) < 4.78 is 1.76. The first-order valence-electron chi connectivity index (χ1n) is 8.45. The van der Waals surface area contributed by atoms with E-state index in [9.17, 15) is 9.59 Å². The fourth-order valence-electron chi connectivity index (χ4n) is 2.32. The molecule has 1 aromatic carbocycles. The molecule has 2 aromatic heterocycles. The lowest BCUT2D eigenvalue weighted by molar-refractivity contribution is -0.116. The Morgan fingerprint density at radius 1 is 1.21 bits per heavy atom. The van der Waals surface area contributed by atoms with Gasteiger partial charge in [-0.1, -0.05) is 29.4 Å². The zero-order valence-electron chi connectivity index (χ0n) is 15.2. The van der Waals surface area contributed by atoms with Crippen LogP contribution in [0.1, 0.15) is 5.82 Å². The Hall–Kier alpha value is -2.69. The van der Waals surface area contributed by atoms with Gasteiger partial charge in [-0.3, -0.25) is 9.59 Å². The number of aromatic nitrogens is 4. The van der Waals surface area contributed by atoms with Crippen LogP contribution in [0.15, 0.2) is 53.7 Å². The molecule has 0 unspecified atom stereocenters. The number of halogens is 1. The molecular weight excluding hydrogens is 432 g/mol. The predicted octanol–water partition coefficient (Wildman–Crippen LogP) is 3.49. The molecule has 0 atom stereocenters. The van der Waals surface area contributed by atoms with Crippen LogP contribution in [-0.2, 0) is 22.6 Å². The van der Waals surface area contributed by atoms with Crippen molar-refractivity contribution in [3.8, 4) is 0 Å². The van der Waals surface area contributed by atoms with Crippen LogP contribution in [-0.4, -0.2) is 37.3 Å². The van der Waals surface area contributed by atoms with Crippen LogP contribution in [0.2, 0.25) is 5.02 Å². The summed E-state index contributed by atoms with van der Waals surface area (Å²) in [4.78, 5) is 28.4. The monoisotopic (exact) mass is 448 g/mol. The van der Waals surface area contributed by atoms with Gasteiger partial charge in [0, 0.05) is 28.8 Å². The third-order valence-electron chi connectivity index (χ3n) is 3.56. The fraction of sp³-hybridized carbons (Fsp3) is 0.167. The Labute approximate surface area is 180 Å². The number of nitrogens with zero attached hydrogens (tertiary/aromatic N) is 4. The highest BCUT2D eigenvalue weighted by Crippen LogP contribution is 2.19. The highest BCUT2D eigenvalue weighted by molar-refractivity contribution is 7.99. The number of thioether (sulfide) groups is 1. The topological polar surface area (TPSA) is 102 Å². The second-order valence-electron chi connectivity index (χ2n) is 5.70. The van der Waals surface area contributed by atoms with Crippen molar-refractivity contribution in [1.29, 1.82) is 0 Å². The van der Waals surface area contributed by atoms with Gasteiger partial charge < -0.3 is 15.2 Å². The summed E-state index contributed by atoms with van der Waals surface area (Å²) >= 11 is 8.43. The smallest absolute Gasteiger partial charge is 0.236 e. The van der Waals surface area contributed by atoms with E-state index in [1.807, 2.05) is 0 Å². The lowest BCUT2D eigenvalue weighted by atomic mass is 10.3. The van der Waals surface area contributed by atoms with Crippen molar-refractivity contribution >= 4 is 57.3 Å². The minimum Gasteiger partial charge on any atom is -0.326 e. The fourth-order valence-corrected chi connectivity index (χ4v) is 3.76. The van der Waals surface area contributed by atoms with Gasteiger partial charge in [0.1, 0.15) is 5.82 Å². The van der Waals surface area contributed by atoms with Gasteiger partial charge >= 0.3 is 0 Å². The molecular formula is C18H17ClN6O2S2. The van der Waals surface area contributed by atoms with Gasteiger partial charge in [0.15, 0.2) is 10.3 Å². The summed E-state index contributed by atoms with van der Waals surface area (Å²) in [6.07, 6.45) is 3.34. The van der Waals surface area contributed by atoms with Crippen molar-refractivity contribution in [2.75, 3.05) is 16.4 Å². The zero-order chi connectivity index (χ0) is 20.6. The van der Waals surface area contributed by atoms with Crippen LogP contribution in [0.25, 0.3) is 0 Å². The quantitative estimate of drug-likeness (QED) is 0.384. The number of hydrogen-bond acceptors (Lipinski definition) is 7. The van der Waals surface area contributed by atoms with E-state index in [1.54, 1.807) is 46.5 Å². The first-order valence-corrected chi connectivity index (χ1v) is 10.7. The number of anilines is 2. The lowest BCUT2D eigenvalue weighted by Gasteiger charge is -2.08. The van der Waals surface area contributed by atoms with Gasteiger partial charge in [0.25, 0.3) is 0 Å². The summed E-state index contributed by atoms with van der Waals surface area (Å²) in [6.45, 7) is 4.16. The van der Waals surface area contributed by atoms with Crippen molar-refractivity contribution < 1.29 is 9.59 Å². The molecule has 0 aliphatic carbocycles. The molecule has 3 aromatic rings. The van der Waals surface area contributed by atoms with E-state index in [1.165, 1.54) is 23.1 Å². The molecule has 29 heavy (non-hydrogen) atoms. The molecule has 0 aliphatic heterocycles. The first-order chi connectivity index (χ1) is 14.0. The summed E-state index contributed by atoms with van der Waals surface area (Å²) in [7, 11) is 0. The Bertz CT molecular complexity index is 988. The lowest BCUT2D eigenvalue weighted by Crippen LogP contribution is -2.18. The van der Waals surface area contributed by atoms with Crippen molar-refractivity contribution in [3.63, 3.8) is 0 Å². The van der Waals surface area contributed by atoms with Crippen molar-refractivity contribution in [2.45, 2.75) is 18.1 Å². The molecule has 11 heteroatoms. The van der Waals surface area contributed by atoms with Crippen LogP contribution < -0.4 is 10.6 Å². The molecule has 0 radical (unpaired) electrons. The van der Waals surface area contributed by atoms with E-state index in [0.29, 0.717) is 33.4 Å².